The van der Waals surface area contributed by atoms with Gasteiger partial charge in [0.25, 0.3) is 0 Å². The van der Waals surface area contributed by atoms with E-state index >= 15 is 0 Å². The van der Waals surface area contributed by atoms with Gasteiger partial charge in [0.15, 0.2) is 5.78 Å². The molecule has 3 heteroatoms. The largest absolute Gasteiger partial charge is 0.399 e. The fourth-order valence-corrected chi connectivity index (χ4v) is 5.96. The summed E-state index contributed by atoms with van der Waals surface area (Å²) in [4.78, 5) is 12.5. The highest BCUT2D eigenvalue weighted by atomic mass is 16.5. The van der Waals surface area contributed by atoms with Gasteiger partial charge in [-0.05, 0) is 43.1 Å². The van der Waals surface area contributed by atoms with E-state index in [0.29, 0.717) is 30.0 Å². The van der Waals surface area contributed by atoms with Crippen LogP contribution in [0.2, 0.25) is 0 Å². The zero-order valence-corrected chi connectivity index (χ0v) is 14.3. The molecule has 4 rings (SSSR count). The van der Waals surface area contributed by atoms with E-state index in [4.69, 9.17) is 10.5 Å². The fraction of sp³-hybridized carbons (Fsp3) is 0.650. The normalized spacial score (nSPS) is 48.2. The third-order valence-electron chi connectivity index (χ3n) is 7.24. The molecule has 2 saturated carbocycles. The van der Waals surface area contributed by atoms with Crippen molar-refractivity contribution in [1.82, 2.24) is 0 Å². The number of methoxy groups -OCH3 is 1. The Morgan fingerprint density at radius 2 is 2.09 bits per heavy atom. The van der Waals surface area contributed by atoms with E-state index in [1.807, 2.05) is 0 Å². The molecule has 3 nitrogen and oxygen atoms in total. The van der Waals surface area contributed by atoms with Crippen LogP contribution in [0.4, 0.5) is 0 Å². The van der Waals surface area contributed by atoms with Crippen molar-refractivity contribution in [1.29, 1.82) is 0 Å². The highest BCUT2D eigenvalue weighted by Gasteiger charge is 2.59. The Kier molecular flexibility index (Phi) is 3.19. The van der Waals surface area contributed by atoms with Gasteiger partial charge in [-0.2, -0.15) is 0 Å². The number of fused-ring (bicyclic) bond motifs is 5. The number of allylic oxidation sites excluding steroid dienone is 5. The Hall–Kier alpha value is -1.35. The number of ketones is 1. The van der Waals surface area contributed by atoms with Crippen LogP contribution in [0.15, 0.2) is 35.6 Å². The Morgan fingerprint density at radius 1 is 1.30 bits per heavy atom. The van der Waals surface area contributed by atoms with Crippen LogP contribution in [0.3, 0.4) is 0 Å². The lowest BCUT2D eigenvalue weighted by atomic mass is 9.51. The topological polar surface area (TPSA) is 52.3 Å². The molecule has 0 saturated heterocycles. The number of carbonyl (C=O) groups is 1. The van der Waals surface area contributed by atoms with Crippen LogP contribution in [0.5, 0.6) is 0 Å². The van der Waals surface area contributed by atoms with Gasteiger partial charge in [0, 0.05) is 30.1 Å². The van der Waals surface area contributed by atoms with Gasteiger partial charge in [0.05, 0.1) is 0 Å². The molecular formula is C20H27NO2. The molecule has 2 fully saturated rings. The Morgan fingerprint density at radius 3 is 2.83 bits per heavy atom. The summed E-state index contributed by atoms with van der Waals surface area (Å²) in [5.41, 5.74) is 8.50. The smallest absolute Gasteiger partial charge is 0.162 e. The Balaban J connectivity index is 1.75. The van der Waals surface area contributed by atoms with E-state index in [2.05, 4.69) is 38.2 Å². The summed E-state index contributed by atoms with van der Waals surface area (Å²) < 4.78 is 5.60. The maximum absolute atomic E-state index is 12.5. The van der Waals surface area contributed by atoms with Crippen LogP contribution in [-0.2, 0) is 9.53 Å². The van der Waals surface area contributed by atoms with Crippen LogP contribution in [0.25, 0.3) is 0 Å². The molecule has 0 aromatic rings. The summed E-state index contributed by atoms with van der Waals surface area (Å²) in [7, 11) is 1.69. The lowest BCUT2D eigenvalue weighted by Gasteiger charge is -2.53. The minimum atomic E-state index is -0.228. The predicted molar refractivity (Wildman–Crippen MR) is 90.4 cm³/mol. The van der Waals surface area contributed by atoms with Gasteiger partial charge in [-0.1, -0.05) is 37.6 Å². The van der Waals surface area contributed by atoms with E-state index in [-0.39, 0.29) is 16.9 Å². The molecule has 2 N–H and O–H groups in total. The average molecular weight is 313 g/mol. The fourth-order valence-electron chi connectivity index (χ4n) is 5.96. The summed E-state index contributed by atoms with van der Waals surface area (Å²) in [6.45, 7) is 4.61. The maximum atomic E-state index is 12.5. The molecule has 0 amide bonds. The lowest BCUT2D eigenvalue weighted by Crippen LogP contribution is -2.47. The maximum Gasteiger partial charge on any atom is 0.162 e. The molecule has 6 atom stereocenters. The molecule has 0 aromatic carbocycles. The molecule has 0 aliphatic heterocycles. The zero-order valence-electron chi connectivity index (χ0n) is 14.3. The van der Waals surface area contributed by atoms with E-state index in [0.717, 1.165) is 25.0 Å². The highest BCUT2D eigenvalue weighted by molar-refractivity contribution is 5.87. The summed E-state index contributed by atoms with van der Waals surface area (Å²) in [6, 6.07) is 0. The number of Topliss-reactive ketones (excluding diaryl/α,β-unsaturated/α-hetero) is 1. The number of ether oxygens (including phenoxy) is 1. The standard InChI is InChI=1S/C20H27NO2/c1-19-8-6-13(21)10-12(19)4-5-14-15(19)7-9-20(2)16(14)11-17(22)18(20)23-3/h6-8,10,12,14,16,18H,4-5,9,11,21H2,1-3H3/t12?,14-,16+,18?,19+,20+/m1/s1. The summed E-state index contributed by atoms with van der Waals surface area (Å²) in [6.07, 6.45) is 12.7. The predicted octanol–water partition coefficient (Wildman–Crippen LogP) is 3.37. The van der Waals surface area contributed by atoms with Crippen molar-refractivity contribution in [3.05, 3.63) is 35.6 Å². The number of rotatable bonds is 1. The number of nitrogens with two attached hydrogens (primary N) is 1. The van der Waals surface area contributed by atoms with E-state index in [1.54, 1.807) is 12.7 Å². The molecule has 2 unspecified atom stereocenters. The van der Waals surface area contributed by atoms with Crippen LogP contribution < -0.4 is 5.73 Å². The van der Waals surface area contributed by atoms with Gasteiger partial charge in [-0.25, -0.2) is 0 Å². The van der Waals surface area contributed by atoms with Gasteiger partial charge in [-0.3, -0.25) is 4.79 Å². The molecule has 0 heterocycles. The number of hydrogen-bond acceptors (Lipinski definition) is 3. The molecule has 124 valence electrons. The molecular weight excluding hydrogens is 286 g/mol. The molecule has 23 heavy (non-hydrogen) atoms. The van der Waals surface area contributed by atoms with Crippen molar-refractivity contribution in [2.24, 2.45) is 34.3 Å². The SMILES string of the molecule is COC1C(=O)C[C@H]2[C@@H]3CCC4C=C(N)C=C[C@]4(C)C3=CC[C@]12C. The van der Waals surface area contributed by atoms with E-state index < -0.39 is 0 Å². The van der Waals surface area contributed by atoms with Crippen molar-refractivity contribution in [2.75, 3.05) is 7.11 Å². The van der Waals surface area contributed by atoms with Crippen molar-refractivity contribution in [3.8, 4) is 0 Å². The quantitative estimate of drug-likeness (QED) is 0.755. The van der Waals surface area contributed by atoms with Gasteiger partial charge < -0.3 is 10.5 Å². The zero-order chi connectivity index (χ0) is 16.4. The van der Waals surface area contributed by atoms with Gasteiger partial charge >= 0.3 is 0 Å². The summed E-state index contributed by atoms with van der Waals surface area (Å²) in [5.74, 6) is 1.73. The first kappa shape index (κ1) is 15.2. The Labute approximate surface area is 138 Å². The second-order valence-electron chi connectivity index (χ2n) is 8.34. The van der Waals surface area contributed by atoms with Crippen LogP contribution in [-0.4, -0.2) is 19.0 Å². The Bertz CT molecular complexity index is 646. The minimum Gasteiger partial charge on any atom is -0.399 e. The van der Waals surface area contributed by atoms with Gasteiger partial charge in [-0.15, -0.1) is 0 Å². The lowest BCUT2D eigenvalue weighted by molar-refractivity contribution is -0.129. The molecule has 4 aliphatic carbocycles. The first-order chi connectivity index (χ1) is 10.9. The average Bonchev–Trinajstić information content (AvgIpc) is 2.77. The van der Waals surface area contributed by atoms with Gasteiger partial charge in [0.2, 0.25) is 0 Å². The molecule has 0 aromatic heterocycles. The molecule has 0 radical (unpaired) electrons. The van der Waals surface area contributed by atoms with Crippen molar-refractivity contribution >= 4 is 5.78 Å². The van der Waals surface area contributed by atoms with Crippen molar-refractivity contribution < 1.29 is 9.53 Å². The van der Waals surface area contributed by atoms with E-state index in [1.165, 1.54) is 0 Å². The van der Waals surface area contributed by atoms with Crippen molar-refractivity contribution in [3.63, 3.8) is 0 Å². The number of carbonyl (C=O) groups excluding carboxylic acids is 1. The highest BCUT2D eigenvalue weighted by Crippen LogP contribution is 2.62. The summed E-state index contributed by atoms with van der Waals surface area (Å²) >= 11 is 0. The third-order valence-corrected chi connectivity index (χ3v) is 7.24. The monoisotopic (exact) mass is 313 g/mol. The molecule has 4 aliphatic rings. The van der Waals surface area contributed by atoms with Crippen molar-refractivity contribution in [2.45, 2.75) is 45.6 Å². The molecule has 0 bridgehead atoms. The number of hydrogen-bond donors (Lipinski definition) is 1. The van der Waals surface area contributed by atoms with Crippen LogP contribution >= 0.6 is 0 Å². The van der Waals surface area contributed by atoms with Crippen LogP contribution in [0, 0.1) is 28.6 Å². The van der Waals surface area contributed by atoms with Crippen LogP contribution in [0.1, 0.15) is 39.5 Å². The first-order valence-electron chi connectivity index (χ1n) is 8.82. The second kappa shape index (κ2) is 4.83. The van der Waals surface area contributed by atoms with E-state index in [9.17, 15) is 4.79 Å². The minimum absolute atomic E-state index is 0.0313. The summed E-state index contributed by atoms with van der Waals surface area (Å²) in [5, 5.41) is 0. The molecule has 0 spiro atoms. The second-order valence-corrected chi connectivity index (χ2v) is 8.34. The third kappa shape index (κ3) is 1.89. The van der Waals surface area contributed by atoms with Gasteiger partial charge in [0.1, 0.15) is 6.10 Å². The first-order valence-corrected chi connectivity index (χ1v) is 8.82.